The van der Waals surface area contributed by atoms with E-state index in [4.69, 9.17) is 17.3 Å². The zero-order valence-corrected chi connectivity index (χ0v) is 10.3. The predicted molar refractivity (Wildman–Crippen MR) is 70.0 cm³/mol. The largest absolute Gasteiger partial charge is 0.397 e. The number of pyridine rings is 1. The van der Waals surface area contributed by atoms with Gasteiger partial charge in [0.15, 0.2) is 0 Å². The van der Waals surface area contributed by atoms with E-state index < -0.39 is 0 Å². The summed E-state index contributed by atoms with van der Waals surface area (Å²) in [5.41, 5.74) is 6.15. The van der Waals surface area contributed by atoms with E-state index in [2.05, 4.69) is 23.3 Å². The molecule has 2 rings (SSSR count). The molecule has 2 heterocycles. The molecule has 0 saturated heterocycles. The fourth-order valence-corrected chi connectivity index (χ4v) is 2.34. The number of thiophene rings is 1. The first kappa shape index (κ1) is 11.2. The molecule has 0 aliphatic rings. The molecule has 1 atom stereocenters. The second-order valence-corrected chi connectivity index (χ2v) is 4.87. The Balaban J connectivity index is 2.15. The number of nitrogen functional groups attached to an aromatic ring is 1. The SMILES string of the molecule is CC(Nc1ncc(N)cc1Cl)c1cccs1. The molecule has 0 amide bonds. The standard InChI is InChI=1S/C11H12ClN3S/c1-7(10-3-2-4-16-10)15-11-9(12)5-8(13)6-14-11/h2-7H,13H2,1H3,(H,14,15). The Kier molecular flexibility index (Phi) is 3.31. The van der Waals surface area contributed by atoms with Crippen LogP contribution in [0.5, 0.6) is 0 Å². The molecule has 0 aliphatic carbocycles. The third-order valence-electron chi connectivity index (χ3n) is 2.19. The quantitative estimate of drug-likeness (QED) is 0.880. The number of hydrogen-bond acceptors (Lipinski definition) is 4. The summed E-state index contributed by atoms with van der Waals surface area (Å²) in [6.07, 6.45) is 1.59. The van der Waals surface area contributed by atoms with Crippen molar-refractivity contribution in [3.63, 3.8) is 0 Å². The van der Waals surface area contributed by atoms with Gasteiger partial charge in [0, 0.05) is 4.88 Å². The van der Waals surface area contributed by atoms with Crippen LogP contribution < -0.4 is 11.1 Å². The minimum Gasteiger partial charge on any atom is -0.397 e. The van der Waals surface area contributed by atoms with Gasteiger partial charge < -0.3 is 11.1 Å². The highest BCUT2D eigenvalue weighted by atomic mass is 35.5. The number of nitrogens with zero attached hydrogens (tertiary/aromatic N) is 1. The molecular weight excluding hydrogens is 242 g/mol. The lowest BCUT2D eigenvalue weighted by molar-refractivity contribution is 0.897. The monoisotopic (exact) mass is 253 g/mol. The zero-order chi connectivity index (χ0) is 11.5. The molecular formula is C11H12ClN3S. The maximum Gasteiger partial charge on any atom is 0.145 e. The second kappa shape index (κ2) is 4.72. The van der Waals surface area contributed by atoms with E-state index in [0.29, 0.717) is 16.5 Å². The molecule has 0 radical (unpaired) electrons. The van der Waals surface area contributed by atoms with Gasteiger partial charge in [-0.3, -0.25) is 0 Å². The number of rotatable bonds is 3. The Morgan fingerprint density at radius 2 is 2.38 bits per heavy atom. The van der Waals surface area contributed by atoms with Crippen LogP contribution in [-0.4, -0.2) is 4.98 Å². The van der Waals surface area contributed by atoms with Crippen LogP contribution in [0.15, 0.2) is 29.8 Å². The number of nitrogens with one attached hydrogen (secondary N) is 1. The maximum atomic E-state index is 6.03. The van der Waals surface area contributed by atoms with Crippen LogP contribution in [0.3, 0.4) is 0 Å². The smallest absolute Gasteiger partial charge is 0.145 e. The van der Waals surface area contributed by atoms with Gasteiger partial charge in [-0.25, -0.2) is 4.98 Å². The molecule has 3 N–H and O–H groups in total. The molecule has 84 valence electrons. The first-order valence-electron chi connectivity index (χ1n) is 4.88. The van der Waals surface area contributed by atoms with Crippen LogP contribution in [0.25, 0.3) is 0 Å². The first-order valence-corrected chi connectivity index (χ1v) is 6.13. The molecule has 1 unspecified atom stereocenters. The summed E-state index contributed by atoms with van der Waals surface area (Å²) in [6.45, 7) is 2.07. The van der Waals surface area contributed by atoms with Crippen molar-refractivity contribution >= 4 is 34.4 Å². The summed E-state index contributed by atoms with van der Waals surface area (Å²) in [4.78, 5) is 5.41. The Morgan fingerprint density at radius 3 is 3.00 bits per heavy atom. The van der Waals surface area contributed by atoms with Gasteiger partial charge in [0.05, 0.1) is 22.9 Å². The predicted octanol–water partition coefficient (Wildman–Crippen LogP) is 3.55. The summed E-state index contributed by atoms with van der Waals surface area (Å²) < 4.78 is 0. The van der Waals surface area contributed by atoms with Crippen LogP contribution in [0.4, 0.5) is 11.5 Å². The Hall–Kier alpha value is -1.26. The van der Waals surface area contributed by atoms with Crippen LogP contribution in [-0.2, 0) is 0 Å². The van der Waals surface area contributed by atoms with Gasteiger partial charge in [0.2, 0.25) is 0 Å². The van der Waals surface area contributed by atoms with Gasteiger partial charge in [0.1, 0.15) is 5.82 Å². The van der Waals surface area contributed by atoms with Crippen LogP contribution >= 0.6 is 22.9 Å². The summed E-state index contributed by atoms with van der Waals surface area (Å²) in [6, 6.07) is 5.98. The van der Waals surface area contributed by atoms with Gasteiger partial charge in [-0.05, 0) is 24.4 Å². The van der Waals surface area contributed by atoms with Gasteiger partial charge in [-0.2, -0.15) is 0 Å². The number of aromatic nitrogens is 1. The van der Waals surface area contributed by atoms with Crippen molar-refractivity contribution in [3.8, 4) is 0 Å². The Morgan fingerprint density at radius 1 is 1.56 bits per heavy atom. The Bertz CT molecular complexity index is 470. The highest BCUT2D eigenvalue weighted by Gasteiger charge is 2.09. The molecule has 2 aromatic heterocycles. The molecule has 16 heavy (non-hydrogen) atoms. The summed E-state index contributed by atoms with van der Waals surface area (Å²) >= 11 is 7.73. The number of anilines is 2. The third kappa shape index (κ3) is 2.46. The lowest BCUT2D eigenvalue weighted by Gasteiger charge is -2.13. The van der Waals surface area contributed by atoms with E-state index in [1.165, 1.54) is 4.88 Å². The summed E-state index contributed by atoms with van der Waals surface area (Å²) in [5, 5.41) is 5.84. The van der Waals surface area contributed by atoms with Crippen LogP contribution in [0, 0.1) is 0 Å². The molecule has 0 aromatic carbocycles. The van der Waals surface area contributed by atoms with E-state index in [-0.39, 0.29) is 6.04 Å². The minimum absolute atomic E-state index is 0.189. The van der Waals surface area contributed by atoms with E-state index in [1.807, 2.05) is 11.4 Å². The molecule has 0 fully saturated rings. The van der Waals surface area contributed by atoms with E-state index >= 15 is 0 Å². The topological polar surface area (TPSA) is 50.9 Å². The second-order valence-electron chi connectivity index (χ2n) is 3.48. The lowest BCUT2D eigenvalue weighted by Crippen LogP contribution is -2.07. The van der Waals surface area contributed by atoms with Crippen LogP contribution in [0.2, 0.25) is 5.02 Å². The van der Waals surface area contributed by atoms with E-state index in [0.717, 1.165) is 0 Å². The van der Waals surface area contributed by atoms with Gasteiger partial charge in [0.25, 0.3) is 0 Å². The van der Waals surface area contributed by atoms with Crippen LogP contribution in [0.1, 0.15) is 17.8 Å². The summed E-state index contributed by atoms with van der Waals surface area (Å²) in [5.74, 6) is 0.664. The molecule has 2 aromatic rings. The average molecular weight is 254 g/mol. The first-order chi connectivity index (χ1) is 7.66. The zero-order valence-electron chi connectivity index (χ0n) is 8.77. The molecule has 0 bridgehead atoms. The van der Waals surface area contributed by atoms with E-state index in [1.54, 1.807) is 23.6 Å². The van der Waals surface area contributed by atoms with Crippen molar-refractivity contribution in [3.05, 3.63) is 39.7 Å². The fraction of sp³-hybridized carbons (Fsp3) is 0.182. The van der Waals surface area contributed by atoms with Crippen molar-refractivity contribution in [1.29, 1.82) is 0 Å². The highest BCUT2D eigenvalue weighted by Crippen LogP contribution is 2.27. The molecule has 3 nitrogen and oxygen atoms in total. The average Bonchev–Trinajstić information content (AvgIpc) is 2.75. The third-order valence-corrected chi connectivity index (χ3v) is 3.53. The number of hydrogen-bond donors (Lipinski definition) is 2. The van der Waals surface area contributed by atoms with Crippen molar-refractivity contribution in [2.45, 2.75) is 13.0 Å². The number of nitrogens with two attached hydrogens (primary N) is 1. The molecule has 5 heteroatoms. The summed E-state index contributed by atoms with van der Waals surface area (Å²) in [7, 11) is 0. The molecule has 0 aliphatic heterocycles. The molecule has 0 spiro atoms. The van der Waals surface area contributed by atoms with Crippen molar-refractivity contribution in [2.75, 3.05) is 11.1 Å². The van der Waals surface area contributed by atoms with Gasteiger partial charge in [-0.1, -0.05) is 17.7 Å². The minimum atomic E-state index is 0.189. The van der Waals surface area contributed by atoms with Gasteiger partial charge >= 0.3 is 0 Å². The maximum absolute atomic E-state index is 6.03. The van der Waals surface area contributed by atoms with Gasteiger partial charge in [-0.15, -0.1) is 11.3 Å². The highest BCUT2D eigenvalue weighted by molar-refractivity contribution is 7.10. The lowest BCUT2D eigenvalue weighted by atomic mass is 10.2. The Labute approximate surface area is 103 Å². The van der Waals surface area contributed by atoms with Crippen molar-refractivity contribution < 1.29 is 0 Å². The van der Waals surface area contributed by atoms with Crippen molar-refractivity contribution in [2.24, 2.45) is 0 Å². The van der Waals surface area contributed by atoms with Crippen molar-refractivity contribution in [1.82, 2.24) is 4.98 Å². The molecule has 0 saturated carbocycles. The van der Waals surface area contributed by atoms with E-state index in [9.17, 15) is 0 Å². The number of halogens is 1. The fourth-order valence-electron chi connectivity index (χ4n) is 1.37. The normalized spacial score (nSPS) is 12.4.